The van der Waals surface area contributed by atoms with E-state index in [2.05, 4.69) is 0 Å². The summed E-state index contributed by atoms with van der Waals surface area (Å²) in [5.41, 5.74) is 11.6. The first kappa shape index (κ1) is 9.01. The highest BCUT2D eigenvalue weighted by atomic mass is 16.1. The Morgan fingerprint density at radius 3 is 2.20 bits per heavy atom. The summed E-state index contributed by atoms with van der Waals surface area (Å²) in [6.45, 7) is 3.65. The Balaban J connectivity index is 4.19. The molecule has 4 N–H and O–H groups in total. The van der Waals surface area contributed by atoms with Crippen molar-refractivity contribution in [2.45, 2.75) is 26.7 Å². The standard InChI is InChI=1S/C7H14N2O/c1-3-4-6(8)5(2)7(9)10/h3-4,8H2,1-2H3,(H2,9,10). The van der Waals surface area contributed by atoms with Crippen LogP contribution in [0.4, 0.5) is 0 Å². The number of carbonyl (C=O) groups is 1. The molecule has 10 heavy (non-hydrogen) atoms. The molecule has 0 aliphatic rings. The zero-order valence-corrected chi connectivity index (χ0v) is 6.48. The number of nitrogens with two attached hydrogens (primary N) is 2. The average Bonchev–Trinajstić information content (AvgIpc) is 1.87. The lowest BCUT2D eigenvalue weighted by atomic mass is 10.1. The fourth-order valence-electron chi connectivity index (χ4n) is 0.615. The summed E-state index contributed by atoms with van der Waals surface area (Å²) in [7, 11) is 0. The van der Waals surface area contributed by atoms with Gasteiger partial charge in [0, 0.05) is 11.3 Å². The van der Waals surface area contributed by atoms with Gasteiger partial charge in [0.05, 0.1) is 0 Å². The maximum absolute atomic E-state index is 10.5. The Morgan fingerprint density at radius 2 is 1.90 bits per heavy atom. The number of allylic oxidation sites excluding steroid dienone is 1. The molecule has 3 nitrogen and oxygen atoms in total. The van der Waals surface area contributed by atoms with Crippen LogP contribution in [0.2, 0.25) is 0 Å². The molecule has 0 aliphatic heterocycles. The third-order valence-electron chi connectivity index (χ3n) is 1.37. The van der Waals surface area contributed by atoms with Crippen molar-refractivity contribution in [3.63, 3.8) is 0 Å². The van der Waals surface area contributed by atoms with Gasteiger partial charge in [-0.1, -0.05) is 13.3 Å². The lowest BCUT2D eigenvalue weighted by Crippen LogP contribution is -2.16. The first-order chi connectivity index (χ1) is 4.59. The summed E-state index contributed by atoms with van der Waals surface area (Å²) in [5.74, 6) is -0.425. The van der Waals surface area contributed by atoms with Gasteiger partial charge in [0.25, 0.3) is 0 Å². The van der Waals surface area contributed by atoms with Crippen LogP contribution in [0.3, 0.4) is 0 Å². The van der Waals surface area contributed by atoms with Crippen LogP contribution in [-0.2, 0) is 4.79 Å². The minimum Gasteiger partial charge on any atom is -0.402 e. The molecule has 0 saturated carbocycles. The van der Waals surface area contributed by atoms with Crippen LogP contribution < -0.4 is 11.5 Å². The molecule has 0 rings (SSSR count). The van der Waals surface area contributed by atoms with Crippen molar-refractivity contribution in [1.29, 1.82) is 0 Å². The lowest BCUT2D eigenvalue weighted by Gasteiger charge is -2.01. The van der Waals surface area contributed by atoms with E-state index in [1.54, 1.807) is 6.92 Å². The highest BCUT2D eigenvalue weighted by Crippen LogP contribution is 2.03. The largest absolute Gasteiger partial charge is 0.402 e. The van der Waals surface area contributed by atoms with E-state index in [9.17, 15) is 4.79 Å². The molecule has 3 heteroatoms. The molecule has 0 aliphatic carbocycles. The molecule has 0 aromatic carbocycles. The van der Waals surface area contributed by atoms with E-state index in [-0.39, 0.29) is 0 Å². The van der Waals surface area contributed by atoms with Crippen LogP contribution in [0, 0.1) is 0 Å². The number of rotatable bonds is 3. The van der Waals surface area contributed by atoms with Gasteiger partial charge in [0.2, 0.25) is 5.91 Å². The Kier molecular flexibility index (Phi) is 3.54. The first-order valence-electron chi connectivity index (χ1n) is 3.34. The van der Waals surface area contributed by atoms with Gasteiger partial charge in [-0.15, -0.1) is 0 Å². The third kappa shape index (κ3) is 2.53. The van der Waals surface area contributed by atoms with Crippen molar-refractivity contribution in [2.24, 2.45) is 11.5 Å². The normalized spacial score (nSPS) is 12.6. The number of hydrogen-bond acceptors (Lipinski definition) is 2. The Labute approximate surface area is 61.1 Å². The van der Waals surface area contributed by atoms with Gasteiger partial charge in [-0.05, 0) is 13.3 Å². The summed E-state index contributed by atoms with van der Waals surface area (Å²) < 4.78 is 0. The van der Waals surface area contributed by atoms with Crippen LogP contribution >= 0.6 is 0 Å². The van der Waals surface area contributed by atoms with Crippen LogP contribution in [0.25, 0.3) is 0 Å². The minimum atomic E-state index is -0.425. The molecule has 0 aromatic rings. The van der Waals surface area contributed by atoms with Gasteiger partial charge in [-0.25, -0.2) is 0 Å². The molecule has 0 aromatic heterocycles. The van der Waals surface area contributed by atoms with Crippen LogP contribution in [0.15, 0.2) is 11.3 Å². The average molecular weight is 142 g/mol. The van der Waals surface area contributed by atoms with Gasteiger partial charge < -0.3 is 11.5 Å². The van der Waals surface area contributed by atoms with E-state index >= 15 is 0 Å². The van der Waals surface area contributed by atoms with E-state index in [4.69, 9.17) is 11.5 Å². The maximum Gasteiger partial charge on any atom is 0.246 e. The molecular weight excluding hydrogens is 128 g/mol. The number of amides is 1. The number of carbonyl (C=O) groups excluding carboxylic acids is 1. The molecule has 1 amide bonds. The summed E-state index contributed by atoms with van der Waals surface area (Å²) in [6, 6.07) is 0. The molecule has 0 saturated heterocycles. The second-order valence-electron chi connectivity index (χ2n) is 2.26. The molecule has 0 heterocycles. The minimum absolute atomic E-state index is 0.425. The highest BCUT2D eigenvalue weighted by Gasteiger charge is 2.01. The molecule has 0 radical (unpaired) electrons. The summed E-state index contributed by atoms with van der Waals surface area (Å²) in [5, 5.41) is 0. The molecule has 0 bridgehead atoms. The van der Waals surface area contributed by atoms with Gasteiger partial charge in [-0.2, -0.15) is 0 Å². The topological polar surface area (TPSA) is 69.1 Å². The number of hydrogen-bond donors (Lipinski definition) is 2. The Bertz CT molecular complexity index is 161. The summed E-state index contributed by atoms with van der Waals surface area (Å²) >= 11 is 0. The van der Waals surface area contributed by atoms with Crippen molar-refractivity contribution < 1.29 is 4.79 Å². The molecule has 0 spiro atoms. The van der Waals surface area contributed by atoms with Crippen molar-refractivity contribution in [3.8, 4) is 0 Å². The highest BCUT2D eigenvalue weighted by molar-refractivity contribution is 5.91. The fourth-order valence-corrected chi connectivity index (χ4v) is 0.615. The zero-order chi connectivity index (χ0) is 8.15. The monoisotopic (exact) mass is 142 g/mol. The smallest absolute Gasteiger partial charge is 0.246 e. The van der Waals surface area contributed by atoms with E-state index in [1.165, 1.54) is 0 Å². The molecule has 0 atom stereocenters. The lowest BCUT2D eigenvalue weighted by molar-refractivity contribution is -0.114. The second kappa shape index (κ2) is 3.93. The van der Waals surface area contributed by atoms with Crippen LogP contribution in [0.1, 0.15) is 26.7 Å². The predicted molar refractivity (Wildman–Crippen MR) is 41.0 cm³/mol. The van der Waals surface area contributed by atoms with Crippen molar-refractivity contribution in [2.75, 3.05) is 0 Å². The van der Waals surface area contributed by atoms with E-state index in [1.807, 2.05) is 6.92 Å². The SMILES string of the molecule is CCCC(N)=C(C)C(N)=O. The molecule has 0 fully saturated rings. The quantitative estimate of drug-likeness (QED) is 0.563. The van der Waals surface area contributed by atoms with Crippen molar-refractivity contribution in [3.05, 3.63) is 11.3 Å². The van der Waals surface area contributed by atoms with Gasteiger partial charge >= 0.3 is 0 Å². The van der Waals surface area contributed by atoms with E-state index in [0.29, 0.717) is 11.3 Å². The first-order valence-corrected chi connectivity index (χ1v) is 3.34. The fraction of sp³-hybridized carbons (Fsp3) is 0.571. The number of primary amides is 1. The van der Waals surface area contributed by atoms with E-state index in [0.717, 1.165) is 12.8 Å². The van der Waals surface area contributed by atoms with Crippen LogP contribution in [0.5, 0.6) is 0 Å². The Hall–Kier alpha value is -0.990. The third-order valence-corrected chi connectivity index (χ3v) is 1.37. The maximum atomic E-state index is 10.5. The molecular formula is C7H14N2O. The van der Waals surface area contributed by atoms with Crippen LogP contribution in [-0.4, -0.2) is 5.91 Å². The van der Waals surface area contributed by atoms with Gasteiger partial charge in [-0.3, -0.25) is 4.79 Å². The summed E-state index contributed by atoms with van der Waals surface area (Å²) in [6.07, 6.45) is 1.69. The zero-order valence-electron chi connectivity index (χ0n) is 6.48. The van der Waals surface area contributed by atoms with Crippen molar-refractivity contribution in [1.82, 2.24) is 0 Å². The Morgan fingerprint density at radius 1 is 1.40 bits per heavy atom. The molecule has 58 valence electrons. The summed E-state index contributed by atoms with van der Waals surface area (Å²) in [4.78, 5) is 10.5. The molecule has 0 unspecified atom stereocenters. The second-order valence-corrected chi connectivity index (χ2v) is 2.26. The van der Waals surface area contributed by atoms with E-state index < -0.39 is 5.91 Å². The van der Waals surface area contributed by atoms with Gasteiger partial charge in [0.1, 0.15) is 0 Å². The van der Waals surface area contributed by atoms with Gasteiger partial charge in [0.15, 0.2) is 0 Å². The predicted octanol–water partition coefficient (Wildman–Crippen LogP) is 0.505. The van der Waals surface area contributed by atoms with Crippen molar-refractivity contribution >= 4 is 5.91 Å².